The molecule has 0 aliphatic heterocycles. The van der Waals surface area contributed by atoms with Crippen LogP contribution in [0.5, 0.6) is 0 Å². The first-order valence-corrected chi connectivity index (χ1v) is 7.25. The third-order valence-electron chi connectivity index (χ3n) is 3.70. The maximum atomic E-state index is 13.8. The van der Waals surface area contributed by atoms with Gasteiger partial charge in [-0.15, -0.1) is 0 Å². The van der Waals surface area contributed by atoms with E-state index in [2.05, 4.69) is 21.2 Å². The number of amides is 1. The van der Waals surface area contributed by atoms with Crippen molar-refractivity contribution in [3.63, 3.8) is 0 Å². The van der Waals surface area contributed by atoms with Crippen LogP contribution in [0.2, 0.25) is 0 Å². The number of benzene rings is 1. The zero-order valence-electron chi connectivity index (χ0n) is 10.7. The molecule has 1 aromatic carbocycles. The van der Waals surface area contributed by atoms with Crippen LogP contribution in [0.15, 0.2) is 22.7 Å². The van der Waals surface area contributed by atoms with Crippen LogP contribution in [-0.4, -0.2) is 23.5 Å². The largest absolute Gasteiger partial charge is 0.481 e. The highest BCUT2D eigenvalue weighted by molar-refractivity contribution is 9.10. The standard InChI is InChI=1S/C14H15BrFNO3/c15-11-6-2-5-10(12(11)16)13(18)17-7-8-3-1-4-9(8)14(19)20/h2,5-6,8-9H,1,3-4,7H2,(H,17,18)(H,19,20). The number of carbonyl (C=O) groups is 2. The molecule has 1 aliphatic carbocycles. The van der Waals surface area contributed by atoms with Gasteiger partial charge in [0.05, 0.1) is 16.0 Å². The molecule has 0 bridgehead atoms. The molecule has 1 aromatic rings. The SMILES string of the molecule is O=C(NCC1CCCC1C(=O)O)c1cccc(Br)c1F. The fourth-order valence-electron chi connectivity index (χ4n) is 2.60. The van der Waals surface area contributed by atoms with E-state index in [0.29, 0.717) is 6.42 Å². The predicted octanol–water partition coefficient (Wildman–Crippen LogP) is 2.82. The average molecular weight is 344 g/mol. The lowest BCUT2D eigenvalue weighted by Crippen LogP contribution is -2.33. The summed E-state index contributed by atoms with van der Waals surface area (Å²) in [5, 5.41) is 11.7. The number of carboxylic acids is 1. The van der Waals surface area contributed by atoms with Crippen molar-refractivity contribution < 1.29 is 19.1 Å². The highest BCUT2D eigenvalue weighted by atomic mass is 79.9. The molecule has 2 unspecified atom stereocenters. The smallest absolute Gasteiger partial charge is 0.306 e. The molecule has 0 radical (unpaired) electrons. The number of aliphatic carboxylic acids is 1. The Kier molecular flexibility index (Phi) is 4.75. The zero-order valence-corrected chi connectivity index (χ0v) is 12.3. The van der Waals surface area contributed by atoms with E-state index in [-0.39, 0.29) is 22.5 Å². The second-order valence-corrected chi connectivity index (χ2v) is 5.80. The number of rotatable bonds is 4. The van der Waals surface area contributed by atoms with E-state index in [1.54, 1.807) is 6.07 Å². The molecule has 1 fully saturated rings. The summed E-state index contributed by atoms with van der Waals surface area (Å²) in [6, 6.07) is 4.50. The minimum absolute atomic E-state index is 0.0377. The van der Waals surface area contributed by atoms with Gasteiger partial charge in [0.25, 0.3) is 5.91 Å². The van der Waals surface area contributed by atoms with Crippen LogP contribution in [0.1, 0.15) is 29.6 Å². The minimum atomic E-state index is -0.824. The van der Waals surface area contributed by atoms with Crippen molar-refractivity contribution in [3.8, 4) is 0 Å². The van der Waals surface area contributed by atoms with Gasteiger partial charge in [0.2, 0.25) is 0 Å². The molecule has 2 N–H and O–H groups in total. The molecule has 2 atom stereocenters. The van der Waals surface area contributed by atoms with Crippen LogP contribution < -0.4 is 5.32 Å². The van der Waals surface area contributed by atoms with E-state index < -0.39 is 23.6 Å². The Morgan fingerprint density at radius 2 is 2.15 bits per heavy atom. The van der Waals surface area contributed by atoms with E-state index in [4.69, 9.17) is 5.11 Å². The van der Waals surface area contributed by atoms with Crippen LogP contribution >= 0.6 is 15.9 Å². The fourth-order valence-corrected chi connectivity index (χ4v) is 2.97. The summed E-state index contributed by atoms with van der Waals surface area (Å²) in [5.74, 6) is -2.43. The topological polar surface area (TPSA) is 66.4 Å². The summed E-state index contributed by atoms with van der Waals surface area (Å²) in [5.41, 5.74) is -0.0377. The van der Waals surface area contributed by atoms with Crippen molar-refractivity contribution in [2.75, 3.05) is 6.54 Å². The molecule has 0 aromatic heterocycles. The Bertz CT molecular complexity index is 535. The van der Waals surface area contributed by atoms with Gasteiger partial charge in [0.15, 0.2) is 0 Å². The van der Waals surface area contributed by atoms with Crippen LogP contribution in [0.3, 0.4) is 0 Å². The molecule has 1 saturated carbocycles. The average Bonchev–Trinajstić information content (AvgIpc) is 2.87. The lowest BCUT2D eigenvalue weighted by Gasteiger charge is -2.16. The molecule has 2 rings (SSSR count). The maximum absolute atomic E-state index is 13.8. The summed E-state index contributed by atoms with van der Waals surface area (Å²) < 4.78 is 14.0. The Morgan fingerprint density at radius 3 is 2.85 bits per heavy atom. The highest BCUT2D eigenvalue weighted by Gasteiger charge is 2.33. The number of hydrogen-bond donors (Lipinski definition) is 2. The van der Waals surface area contributed by atoms with E-state index in [0.717, 1.165) is 12.8 Å². The van der Waals surface area contributed by atoms with Crippen LogP contribution in [0.25, 0.3) is 0 Å². The Hall–Kier alpha value is -1.43. The fraction of sp³-hybridized carbons (Fsp3) is 0.429. The zero-order chi connectivity index (χ0) is 14.7. The summed E-state index contributed by atoms with van der Waals surface area (Å²) in [7, 11) is 0. The minimum Gasteiger partial charge on any atom is -0.481 e. The monoisotopic (exact) mass is 343 g/mol. The van der Waals surface area contributed by atoms with Gasteiger partial charge >= 0.3 is 5.97 Å². The summed E-state index contributed by atoms with van der Waals surface area (Å²) in [4.78, 5) is 23.0. The quantitative estimate of drug-likeness (QED) is 0.883. The summed E-state index contributed by atoms with van der Waals surface area (Å²) in [6.07, 6.45) is 2.27. The van der Waals surface area contributed by atoms with Gasteiger partial charge in [-0.05, 0) is 46.8 Å². The van der Waals surface area contributed by atoms with Gasteiger partial charge in [-0.3, -0.25) is 9.59 Å². The van der Waals surface area contributed by atoms with Crippen molar-refractivity contribution in [2.45, 2.75) is 19.3 Å². The van der Waals surface area contributed by atoms with E-state index in [1.165, 1.54) is 12.1 Å². The van der Waals surface area contributed by atoms with Gasteiger partial charge < -0.3 is 10.4 Å². The van der Waals surface area contributed by atoms with Crippen LogP contribution in [0, 0.1) is 17.7 Å². The highest BCUT2D eigenvalue weighted by Crippen LogP contribution is 2.31. The summed E-state index contributed by atoms with van der Waals surface area (Å²) >= 11 is 3.03. The molecule has 0 spiro atoms. The van der Waals surface area contributed by atoms with Crippen LogP contribution in [0.4, 0.5) is 4.39 Å². The molecular weight excluding hydrogens is 329 g/mol. The van der Waals surface area contributed by atoms with Crippen molar-refractivity contribution in [2.24, 2.45) is 11.8 Å². The van der Waals surface area contributed by atoms with E-state index >= 15 is 0 Å². The first-order chi connectivity index (χ1) is 9.50. The second kappa shape index (κ2) is 6.35. The predicted molar refractivity (Wildman–Crippen MR) is 74.9 cm³/mol. The number of carbonyl (C=O) groups excluding carboxylic acids is 1. The third-order valence-corrected chi connectivity index (χ3v) is 4.31. The molecule has 1 amide bonds. The van der Waals surface area contributed by atoms with Gasteiger partial charge in [-0.1, -0.05) is 12.5 Å². The lowest BCUT2D eigenvalue weighted by molar-refractivity contribution is -0.142. The molecule has 4 nitrogen and oxygen atoms in total. The Labute approximate surface area is 124 Å². The van der Waals surface area contributed by atoms with Crippen molar-refractivity contribution in [1.29, 1.82) is 0 Å². The Morgan fingerprint density at radius 1 is 1.40 bits per heavy atom. The molecule has 1 aliphatic rings. The van der Waals surface area contributed by atoms with Crippen molar-refractivity contribution in [3.05, 3.63) is 34.1 Å². The summed E-state index contributed by atoms with van der Waals surface area (Å²) in [6.45, 7) is 0.266. The van der Waals surface area contributed by atoms with Crippen molar-refractivity contribution in [1.82, 2.24) is 5.32 Å². The molecule has 0 heterocycles. The molecular formula is C14H15BrFNO3. The normalized spacial score (nSPS) is 21.7. The lowest BCUT2D eigenvalue weighted by atomic mass is 9.96. The van der Waals surface area contributed by atoms with E-state index in [1.807, 2.05) is 0 Å². The van der Waals surface area contributed by atoms with Gasteiger partial charge in [-0.2, -0.15) is 0 Å². The van der Waals surface area contributed by atoms with Gasteiger partial charge in [0.1, 0.15) is 5.82 Å². The number of carboxylic acid groups (broad SMARTS) is 1. The molecule has 108 valence electrons. The number of hydrogen-bond acceptors (Lipinski definition) is 2. The third kappa shape index (κ3) is 3.17. The van der Waals surface area contributed by atoms with Crippen molar-refractivity contribution >= 4 is 27.8 Å². The molecule has 6 heteroatoms. The first kappa shape index (κ1) is 15.0. The van der Waals surface area contributed by atoms with E-state index in [9.17, 15) is 14.0 Å². The molecule has 0 saturated heterocycles. The second-order valence-electron chi connectivity index (χ2n) is 4.95. The van der Waals surface area contributed by atoms with Crippen LogP contribution in [-0.2, 0) is 4.79 Å². The first-order valence-electron chi connectivity index (χ1n) is 6.45. The maximum Gasteiger partial charge on any atom is 0.306 e. The van der Waals surface area contributed by atoms with Gasteiger partial charge in [-0.25, -0.2) is 4.39 Å². The number of nitrogens with one attached hydrogen (secondary N) is 1. The van der Waals surface area contributed by atoms with Gasteiger partial charge in [0, 0.05) is 6.54 Å². The molecule has 20 heavy (non-hydrogen) atoms. The Balaban J connectivity index is 1.99. The number of halogens is 2.